The van der Waals surface area contributed by atoms with Crippen LogP contribution in [0.4, 0.5) is 0 Å². The SMILES string of the molecule is CN(C1CCc2ccccc2CC1)C1CC2CCC1C2. The number of hydrogen-bond donors (Lipinski definition) is 0. The van der Waals surface area contributed by atoms with E-state index in [0.717, 1.165) is 23.9 Å². The van der Waals surface area contributed by atoms with Crippen molar-refractivity contribution in [3.05, 3.63) is 35.4 Å². The van der Waals surface area contributed by atoms with Gasteiger partial charge in [0.1, 0.15) is 0 Å². The summed E-state index contributed by atoms with van der Waals surface area (Å²) in [5.74, 6) is 2.09. The van der Waals surface area contributed by atoms with Gasteiger partial charge in [-0.2, -0.15) is 0 Å². The minimum atomic E-state index is 0.812. The van der Waals surface area contributed by atoms with E-state index in [9.17, 15) is 0 Å². The highest BCUT2D eigenvalue weighted by Crippen LogP contribution is 2.47. The van der Waals surface area contributed by atoms with E-state index in [0.29, 0.717) is 0 Å². The van der Waals surface area contributed by atoms with Crippen molar-refractivity contribution in [2.45, 2.75) is 63.5 Å². The molecule has 1 nitrogen and oxygen atoms in total. The molecule has 2 bridgehead atoms. The fourth-order valence-corrected chi connectivity index (χ4v) is 5.22. The summed E-state index contributed by atoms with van der Waals surface area (Å²) in [7, 11) is 2.42. The Hall–Kier alpha value is -0.820. The molecule has 2 fully saturated rings. The van der Waals surface area contributed by atoms with Crippen LogP contribution in [0.3, 0.4) is 0 Å². The minimum absolute atomic E-state index is 0.812. The molecule has 2 saturated carbocycles. The molecular weight excluding hydrogens is 242 g/mol. The second-order valence-corrected chi connectivity index (χ2v) is 7.41. The average Bonchev–Trinajstić information content (AvgIpc) is 3.04. The Bertz CT molecular complexity index is 453. The fraction of sp³-hybridized carbons (Fsp3) is 0.684. The van der Waals surface area contributed by atoms with E-state index in [-0.39, 0.29) is 0 Å². The molecule has 0 spiro atoms. The van der Waals surface area contributed by atoms with Gasteiger partial charge in [0.2, 0.25) is 0 Å². The predicted octanol–water partition coefficient (Wildman–Crippen LogP) is 4.05. The van der Waals surface area contributed by atoms with Crippen molar-refractivity contribution >= 4 is 0 Å². The first kappa shape index (κ1) is 12.9. The number of benzene rings is 1. The largest absolute Gasteiger partial charge is 0.300 e. The Morgan fingerprint density at radius 1 is 0.900 bits per heavy atom. The Morgan fingerprint density at radius 2 is 1.60 bits per heavy atom. The zero-order chi connectivity index (χ0) is 13.5. The van der Waals surface area contributed by atoms with Crippen molar-refractivity contribution in [3.63, 3.8) is 0 Å². The van der Waals surface area contributed by atoms with Gasteiger partial charge in [-0.05, 0) is 75.0 Å². The van der Waals surface area contributed by atoms with Crippen molar-refractivity contribution < 1.29 is 0 Å². The minimum Gasteiger partial charge on any atom is -0.300 e. The molecule has 1 heteroatoms. The normalized spacial score (nSPS) is 33.4. The topological polar surface area (TPSA) is 3.24 Å². The summed E-state index contributed by atoms with van der Waals surface area (Å²) in [4.78, 5) is 2.79. The standard InChI is InChI=1S/C19H27N/c1-20(19-13-14-6-7-17(19)12-14)18-10-8-15-4-2-3-5-16(15)9-11-18/h2-5,14,17-19H,6-13H2,1H3. The summed E-state index contributed by atoms with van der Waals surface area (Å²) in [5.41, 5.74) is 3.22. The quantitative estimate of drug-likeness (QED) is 0.732. The van der Waals surface area contributed by atoms with Gasteiger partial charge in [0.05, 0.1) is 0 Å². The van der Waals surface area contributed by atoms with Crippen LogP contribution in [0.2, 0.25) is 0 Å². The average molecular weight is 269 g/mol. The molecule has 0 saturated heterocycles. The van der Waals surface area contributed by atoms with Gasteiger partial charge in [0.25, 0.3) is 0 Å². The number of fused-ring (bicyclic) bond motifs is 3. The third kappa shape index (κ3) is 2.20. The number of nitrogens with zero attached hydrogens (tertiary/aromatic N) is 1. The van der Waals surface area contributed by atoms with Gasteiger partial charge >= 0.3 is 0 Å². The third-order valence-corrected chi connectivity index (χ3v) is 6.41. The summed E-state index contributed by atoms with van der Waals surface area (Å²) < 4.78 is 0. The summed E-state index contributed by atoms with van der Waals surface area (Å²) in [5, 5.41) is 0. The Balaban J connectivity index is 1.45. The van der Waals surface area contributed by atoms with Gasteiger partial charge in [0.15, 0.2) is 0 Å². The highest BCUT2D eigenvalue weighted by atomic mass is 15.2. The van der Waals surface area contributed by atoms with E-state index >= 15 is 0 Å². The molecule has 108 valence electrons. The fourth-order valence-electron chi connectivity index (χ4n) is 5.22. The Morgan fingerprint density at radius 3 is 2.15 bits per heavy atom. The molecule has 3 aliphatic rings. The van der Waals surface area contributed by atoms with Crippen molar-refractivity contribution in [3.8, 4) is 0 Å². The van der Waals surface area contributed by atoms with Crippen LogP contribution in [0.25, 0.3) is 0 Å². The van der Waals surface area contributed by atoms with E-state index in [1.165, 1.54) is 51.4 Å². The van der Waals surface area contributed by atoms with Crippen LogP contribution >= 0.6 is 0 Å². The first-order valence-electron chi connectivity index (χ1n) is 8.60. The predicted molar refractivity (Wildman–Crippen MR) is 83.9 cm³/mol. The van der Waals surface area contributed by atoms with Crippen LogP contribution < -0.4 is 0 Å². The molecule has 0 heterocycles. The molecule has 1 aromatic rings. The maximum atomic E-state index is 2.79. The van der Waals surface area contributed by atoms with E-state index in [2.05, 4.69) is 36.2 Å². The zero-order valence-electron chi connectivity index (χ0n) is 12.7. The second kappa shape index (κ2) is 5.18. The molecule has 3 atom stereocenters. The summed E-state index contributed by atoms with van der Waals surface area (Å²) in [6.07, 6.45) is 11.3. The van der Waals surface area contributed by atoms with Gasteiger partial charge in [0, 0.05) is 12.1 Å². The lowest BCUT2D eigenvalue weighted by atomic mass is 9.92. The first-order valence-corrected chi connectivity index (χ1v) is 8.60. The van der Waals surface area contributed by atoms with Crippen LogP contribution in [-0.4, -0.2) is 24.0 Å². The molecule has 3 aliphatic carbocycles. The van der Waals surface area contributed by atoms with Crippen molar-refractivity contribution in [2.24, 2.45) is 11.8 Å². The molecule has 0 aliphatic heterocycles. The van der Waals surface area contributed by atoms with Crippen LogP contribution in [-0.2, 0) is 12.8 Å². The molecule has 0 radical (unpaired) electrons. The van der Waals surface area contributed by atoms with Crippen LogP contribution in [0.15, 0.2) is 24.3 Å². The third-order valence-electron chi connectivity index (χ3n) is 6.41. The lowest BCUT2D eigenvalue weighted by molar-refractivity contribution is 0.115. The van der Waals surface area contributed by atoms with Gasteiger partial charge in [-0.1, -0.05) is 30.7 Å². The highest BCUT2D eigenvalue weighted by Gasteiger charge is 2.42. The number of hydrogen-bond acceptors (Lipinski definition) is 1. The number of rotatable bonds is 2. The molecule has 3 unspecified atom stereocenters. The van der Waals surface area contributed by atoms with E-state index < -0.39 is 0 Å². The molecular formula is C19H27N. The summed E-state index contributed by atoms with van der Waals surface area (Å²) in [6, 6.07) is 10.8. The molecule has 0 aromatic heterocycles. The second-order valence-electron chi connectivity index (χ2n) is 7.41. The van der Waals surface area contributed by atoms with Gasteiger partial charge in [-0.25, -0.2) is 0 Å². The maximum Gasteiger partial charge on any atom is 0.0126 e. The van der Waals surface area contributed by atoms with Gasteiger partial charge in [-0.15, -0.1) is 0 Å². The number of aryl methyl sites for hydroxylation is 2. The van der Waals surface area contributed by atoms with Crippen molar-refractivity contribution in [1.29, 1.82) is 0 Å². The molecule has 1 aromatic carbocycles. The van der Waals surface area contributed by atoms with Crippen molar-refractivity contribution in [1.82, 2.24) is 4.90 Å². The summed E-state index contributed by atoms with van der Waals surface area (Å²) in [6.45, 7) is 0. The highest BCUT2D eigenvalue weighted by molar-refractivity contribution is 5.28. The molecule has 0 amide bonds. The smallest absolute Gasteiger partial charge is 0.0126 e. The van der Waals surface area contributed by atoms with E-state index in [1.807, 2.05) is 0 Å². The van der Waals surface area contributed by atoms with E-state index in [1.54, 1.807) is 11.1 Å². The van der Waals surface area contributed by atoms with Crippen LogP contribution in [0.5, 0.6) is 0 Å². The molecule has 20 heavy (non-hydrogen) atoms. The maximum absolute atomic E-state index is 2.79. The van der Waals surface area contributed by atoms with Gasteiger partial charge < -0.3 is 4.90 Å². The zero-order valence-corrected chi connectivity index (χ0v) is 12.7. The first-order chi connectivity index (χ1) is 9.81. The van der Waals surface area contributed by atoms with E-state index in [4.69, 9.17) is 0 Å². The Kier molecular flexibility index (Phi) is 3.34. The Labute approximate surface area is 123 Å². The van der Waals surface area contributed by atoms with Crippen LogP contribution in [0.1, 0.15) is 49.7 Å². The monoisotopic (exact) mass is 269 g/mol. The molecule has 4 rings (SSSR count). The lowest BCUT2D eigenvalue weighted by Gasteiger charge is -2.37. The molecule has 0 N–H and O–H groups in total. The summed E-state index contributed by atoms with van der Waals surface area (Å²) >= 11 is 0. The lowest BCUT2D eigenvalue weighted by Crippen LogP contribution is -2.43. The van der Waals surface area contributed by atoms with Crippen LogP contribution in [0, 0.1) is 11.8 Å². The van der Waals surface area contributed by atoms with Gasteiger partial charge in [-0.3, -0.25) is 0 Å². The van der Waals surface area contributed by atoms with Crippen molar-refractivity contribution in [2.75, 3.05) is 7.05 Å².